The summed E-state index contributed by atoms with van der Waals surface area (Å²) in [5, 5.41) is 2.05. The van der Waals surface area contributed by atoms with Gasteiger partial charge in [-0.3, -0.25) is 4.79 Å². The molecule has 1 amide bonds. The van der Waals surface area contributed by atoms with Gasteiger partial charge in [0.2, 0.25) is 10.0 Å². The lowest BCUT2D eigenvalue weighted by atomic mass is 10.1. The normalized spacial score (nSPS) is 14.9. The van der Waals surface area contributed by atoms with Gasteiger partial charge in [-0.05, 0) is 65.6 Å². The maximum atomic E-state index is 14.5. The first-order valence-electron chi connectivity index (χ1n) is 10.9. The third-order valence-corrected chi connectivity index (χ3v) is 7.90. The van der Waals surface area contributed by atoms with E-state index in [1.54, 1.807) is 14.2 Å². The zero-order valence-electron chi connectivity index (χ0n) is 18.8. The molecule has 0 unspecified atom stereocenters. The molecule has 0 N–H and O–H groups in total. The van der Waals surface area contributed by atoms with Gasteiger partial charge in [0.15, 0.2) is 0 Å². The van der Waals surface area contributed by atoms with E-state index in [-0.39, 0.29) is 11.5 Å². The molecule has 3 aromatic rings. The third kappa shape index (κ3) is 4.86. The van der Waals surface area contributed by atoms with Crippen molar-refractivity contribution in [3.63, 3.8) is 0 Å². The second kappa shape index (κ2) is 9.49. The number of rotatable bonds is 6. The molecular formula is C25H27FN2O4S. The number of hydrogen-bond donors (Lipinski definition) is 0. The first-order valence-corrected chi connectivity index (χ1v) is 12.4. The Morgan fingerprint density at radius 2 is 1.70 bits per heavy atom. The molecule has 6 nitrogen and oxygen atoms in total. The second-order valence-corrected chi connectivity index (χ2v) is 10.2. The molecule has 0 aliphatic carbocycles. The molecule has 0 saturated carbocycles. The fourth-order valence-corrected chi connectivity index (χ4v) is 5.75. The van der Waals surface area contributed by atoms with E-state index in [2.05, 4.69) is 0 Å². The second-order valence-electron chi connectivity index (χ2n) is 8.32. The van der Waals surface area contributed by atoms with Crippen LogP contribution in [-0.4, -0.2) is 50.8 Å². The number of hydrogen-bond acceptors (Lipinski definition) is 4. The average Bonchev–Trinajstić information content (AvgIpc) is 2.84. The first kappa shape index (κ1) is 23.2. The van der Waals surface area contributed by atoms with Gasteiger partial charge in [-0.25, -0.2) is 12.8 Å². The van der Waals surface area contributed by atoms with Gasteiger partial charge in [0.1, 0.15) is 16.5 Å². The Morgan fingerprint density at radius 1 is 1.00 bits per heavy atom. The molecule has 1 heterocycles. The number of halogens is 1. The van der Waals surface area contributed by atoms with Crippen molar-refractivity contribution in [2.75, 3.05) is 27.2 Å². The number of nitrogens with zero attached hydrogens (tertiary/aromatic N) is 2. The molecule has 3 aromatic carbocycles. The predicted octanol–water partition coefficient (Wildman–Crippen LogP) is 4.43. The summed E-state index contributed by atoms with van der Waals surface area (Å²) < 4.78 is 47.0. The van der Waals surface area contributed by atoms with Crippen LogP contribution < -0.4 is 4.74 Å². The van der Waals surface area contributed by atoms with E-state index in [0.717, 1.165) is 53.5 Å². The third-order valence-electron chi connectivity index (χ3n) is 5.99. The Bertz CT molecular complexity index is 1290. The smallest absolute Gasteiger partial charge is 0.253 e. The van der Waals surface area contributed by atoms with Crippen LogP contribution in [-0.2, 0) is 16.6 Å². The Hall–Kier alpha value is -2.97. The number of fused-ring (bicyclic) bond motifs is 1. The van der Waals surface area contributed by atoms with Crippen molar-refractivity contribution < 1.29 is 22.3 Å². The molecule has 0 aromatic heterocycles. The number of methoxy groups -OCH3 is 1. The number of amides is 1. The fraction of sp³-hybridized carbons (Fsp3) is 0.320. The van der Waals surface area contributed by atoms with Crippen molar-refractivity contribution in [1.29, 1.82) is 0 Å². The molecule has 8 heteroatoms. The van der Waals surface area contributed by atoms with Gasteiger partial charge in [0, 0.05) is 32.2 Å². The summed E-state index contributed by atoms with van der Waals surface area (Å²) in [6.45, 7) is 1.06. The predicted molar refractivity (Wildman–Crippen MR) is 125 cm³/mol. The number of benzene rings is 3. The fourth-order valence-electron chi connectivity index (χ4n) is 4.14. The van der Waals surface area contributed by atoms with Crippen LogP contribution in [0.15, 0.2) is 59.5 Å². The molecule has 1 aliphatic heterocycles. The quantitative estimate of drug-likeness (QED) is 0.534. The van der Waals surface area contributed by atoms with E-state index in [9.17, 15) is 17.6 Å². The lowest BCUT2D eigenvalue weighted by Crippen LogP contribution is -2.36. The zero-order valence-corrected chi connectivity index (χ0v) is 19.6. The number of sulfonamides is 1. The van der Waals surface area contributed by atoms with Crippen molar-refractivity contribution >= 4 is 26.7 Å². The molecule has 1 saturated heterocycles. The number of carbonyl (C=O) groups excluding carboxylic acids is 1. The monoisotopic (exact) mass is 470 g/mol. The van der Waals surface area contributed by atoms with Crippen molar-refractivity contribution in [3.05, 3.63) is 71.5 Å². The lowest BCUT2D eigenvalue weighted by molar-refractivity contribution is 0.0785. The number of piperidine rings is 1. The van der Waals surface area contributed by atoms with E-state index >= 15 is 0 Å². The van der Waals surface area contributed by atoms with Gasteiger partial charge >= 0.3 is 0 Å². The van der Waals surface area contributed by atoms with Crippen LogP contribution in [0.25, 0.3) is 10.8 Å². The minimum Gasteiger partial charge on any atom is -0.497 e. The molecular weight excluding hydrogens is 443 g/mol. The lowest BCUT2D eigenvalue weighted by Gasteiger charge is -2.26. The molecule has 0 radical (unpaired) electrons. The Kier molecular flexibility index (Phi) is 6.67. The van der Waals surface area contributed by atoms with Crippen molar-refractivity contribution in [3.8, 4) is 5.75 Å². The van der Waals surface area contributed by atoms with Gasteiger partial charge in [-0.15, -0.1) is 0 Å². The van der Waals surface area contributed by atoms with Gasteiger partial charge in [-0.1, -0.05) is 24.6 Å². The number of ether oxygens (including phenoxy) is 1. The Balaban J connectivity index is 1.55. The highest BCUT2D eigenvalue weighted by atomic mass is 32.2. The summed E-state index contributed by atoms with van der Waals surface area (Å²) in [6, 6.07) is 15.2. The minimum atomic E-state index is -3.99. The van der Waals surface area contributed by atoms with Crippen LogP contribution in [0.2, 0.25) is 0 Å². The largest absolute Gasteiger partial charge is 0.497 e. The standard InChI is InChI=1S/C25H27FN2O4S/c1-27(17-18-6-7-20-15-22(32-2)10-8-19(20)14-18)25(29)21-9-11-23(26)24(16-21)33(30,31)28-12-4-3-5-13-28/h6-11,14-16H,3-5,12-13,17H2,1-2H3. The van der Waals surface area contributed by atoms with Gasteiger partial charge < -0.3 is 9.64 Å². The van der Waals surface area contributed by atoms with E-state index in [1.807, 2.05) is 36.4 Å². The SMILES string of the molecule is COc1ccc2cc(CN(C)C(=O)c3ccc(F)c(S(=O)(=O)N4CCCCC4)c3)ccc2c1. The topological polar surface area (TPSA) is 66.9 Å². The van der Waals surface area contributed by atoms with Crippen LogP contribution in [0.4, 0.5) is 4.39 Å². The summed E-state index contributed by atoms with van der Waals surface area (Å²) >= 11 is 0. The van der Waals surface area contributed by atoms with Crippen molar-refractivity contribution in [2.45, 2.75) is 30.7 Å². The summed E-state index contributed by atoms with van der Waals surface area (Å²) in [6.07, 6.45) is 2.46. The minimum absolute atomic E-state index is 0.139. The molecule has 1 aliphatic rings. The van der Waals surface area contributed by atoms with Crippen LogP contribution in [0.3, 0.4) is 0 Å². The Labute approximate surface area is 193 Å². The van der Waals surface area contributed by atoms with Gasteiger partial charge in [-0.2, -0.15) is 4.31 Å². The first-order chi connectivity index (χ1) is 15.8. The molecule has 33 heavy (non-hydrogen) atoms. The van der Waals surface area contributed by atoms with Crippen LogP contribution in [0.1, 0.15) is 35.2 Å². The van der Waals surface area contributed by atoms with Gasteiger partial charge in [0.25, 0.3) is 5.91 Å². The maximum Gasteiger partial charge on any atom is 0.253 e. The summed E-state index contributed by atoms with van der Waals surface area (Å²) in [7, 11) is -0.725. The average molecular weight is 471 g/mol. The molecule has 174 valence electrons. The van der Waals surface area contributed by atoms with Crippen molar-refractivity contribution in [2.24, 2.45) is 0 Å². The zero-order chi connectivity index (χ0) is 23.6. The van der Waals surface area contributed by atoms with E-state index < -0.39 is 20.7 Å². The van der Waals surface area contributed by atoms with E-state index in [0.29, 0.717) is 19.6 Å². The maximum absolute atomic E-state index is 14.5. The highest BCUT2D eigenvalue weighted by Gasteiger charge is 2.29. The van der Waals surface area contributed by atoms with E-state index in [1.165, 1.54) is 15.3 Å². The number of carbonyl (C=O) groups is 1. The molecule has 1 fully saturated rings. The van der Waals surface area contributed by atoms with Gasteiger partial charge in [0.05, 0.1) is 7.11 Å². The summed E-state index contributed by atoms with van der Waals surface area (Å²) in [4.78, 5) is 14.1. The highest BCUT2D eigenvalue weighted by molar-refractivity contribution is 7.89. The van der Waals surface area contributed by atoms with Crippen LogP contribution in [0.5, 0.6) is 5.75 Å². The molecule has 4 rings (SSSR count). The summed E-state index contributed by atoms with van der Waals surface area (Å²) in [5.41, 5.74) is 1.06. The van der Waals surface area contributed by atoms with Crippen LogP contribution in [0, 0.1) is 5.82 Å². The molecule has 0 spiro atoms. The Morgan fingerprint density at radius 3 is 2.42 bits per heavy atom. The molecule has 0 bridgehead atoms. The van der Waals surface area contributed by atoms with Crippen LogP contribution >= 0.6 is 0 Å². The van der Waals surface area contributed by atoms with E-state index in [4.69, 9.17) is 4.74 Å². The summed E-state index contributed by atoms with van der Waals surface area (Å²) in [5.74, 6) is -0.446. The molecule has 0 atom stereocenters. The highest BCUT2D eigenvalue weighted by Crippen LogP contribution is 2.25. The van der Waals surface area contributed by atoms with Crippen molar-refractivity contribution in [1.82, 2.24) is 9.21 Å².